The predicted octanol–water partition coefficient (Wildman–Crippen LogP) is 3.37. The Morgan fingerprint density at radius 1 is 0.955 bits per heavy atom. The summed E-state index contributed by atoms with van der Waals surface area (Å²) in [6, 6.07) is 16.2. The number of aromatic nitrogens is 3. The lowest BCUT2D eigenvalue weighted by atomic mass is 10.2. The fraction of sp³-hybridized carbons (Fsp3) is 0.0625. The molecule has 110 valence electrons. The zero-order valence-corrected chi connectivity index (χ0v) is 11.7. The van der Waals surface area contributed by atoms with Crippen molar-refractivity contribution in [1.82, 2.24) is 15.2 Å². The molecule has 0 aliphatic rings. The SMILES string of the molecule is Fc1ccccc1CNc1nncc(Nc2ccccc2)n1. The van der Waals surface area contributed by atoms with Crippen molar-refractivity contribution < 1.29 is 4.39 Å². The van der Waals surface area contributed by atoms with Gasteiger partial charge in [-0.1, -0.05) is 36.4 Å². The number of halogens is 1. The first-order chi connectivity index (χ1) is 10.8. The van der Waals surface area contributed by atoms with Crippen molar-refractivity contribution in [3.63, 3.8) is 0 Å². The Balaban J connectivity index is 1.68. The molecule has 0 unspecified atom stereocenters. The van der Waals surface area contributed by atoms with E-state index in [1.54, 1.807) is 18.2 Å². The van der Waals surface area contributed by atoms with E-state index < -0.39 is 0 Å². The summed E-state index contributed by atoms with van der Waals surface area (Å²) in [6.07, 6.45) is 1.53. The lowest BCUT2D eigenvalue weighted by molar-refractivity contribution is 0.612. The molecule has 0 aliphatic heterocycles. The van der Waals surface area contributed by atoms with E-state index in [1.807, 2.05) is 30.3 Å². The monoisotopic (exact) mass is 295 g/mol. The number of benzene rings is 2. The molecule has 3 aromatic rings. The van der Waals surface area contributed by atoms with Crippen LogP contribution in [0.4, 0.5) is 21.8 Å². The highest BCUT2D eigenvalue weighted by atomic mass is 19.1. The van der Waals surface area contributed by atoms with E-state index in [0.29, 0.717) is 23.9 Å². The van der Waals surface area contributed by atoms with Crippen LogP contribution in [-0.2, 0) is 6.54 Å². The Kier molecular flexibility index (Phi) is 4.20. The molecule has 2 N–H and O–H groups in total. The molecule has 0 radical (unpaired) electrons. The van der Waals surface area contributed by atoms with Crippen LogP contribution in [0.1, 0.15) is 5.56 Å². The van der Waals surface area contributed by atoms with Gasteiger partial charge in [-0.05, 0) is 18.2 Å². The summed E-state index contributed by atoms with van der Waals surface area (Å²) in [6.45, 7) is 0.295. The number of nitrogens with one attached hydrogen (secondary N) is 2. The lowest BCUT2D eigenvalue weighted by Gasteiger charge is -2.08. The maximum absolute atomic E-state index is 13.6. The van der Waals surface area contributed by atoms with Gasteiger partial charge < -0.3 is 10.6 Å². The van der Waals surface area contributed by atoms with Gasteiger partial charge in [-0.25, -0.2) is 4.39 Å². The number of anilines is 3. The molecule has 2 aromatic carbocycles. The second kappa shape index (κ2) is 6.62. The van der Waals surface area contributed by atoms with Gasteiger partial charge in [0, 0.05) is 17.8 Å². The van der Waals surface area contributed by atoms with Crippen LogP contribution < -0.4 is 10.6 Å². The quantitative estimate of drug-likeness (QED) is 0.755. The third-order valence-electron chi connectivity index (χ3n) is 3.00. The van der Waals surface area contributed by atoms with Crippen molar-refractivity contribution in [3.8, 4) is 0 Å². The number of hydrogen-bond donors (Lipinski definition) is 2. The van der Waals surface area contributed by atoms with Gasteiger partial charge in [-0.15, -0.1) is 5.10 Å². The lowest BCUT2D eigenvalue weighted by Crippen LogP contribution is -2.07. The summed E-state index contributed by atoms with van der Waals surface area (Å²) >= 11 is 0. The molecule has 1 heterocycles. The Morgan fingerprint density at radius 2 is 1.73 bits per heavy atom. The minimum atomic E-state index is -0.262. The standard InChI is InChI=1S/C16H14FN5/c17-14-9-5-4-6-12(14)10-18-16-21-15(11-19-22-16)20-13-7-2-1-3-8-13/h1-9,11H,10H2,(H2,18,20,21,22). The molecule has 6 heteroatoms. The molecule has 0 spiro atoms. The molecule has 0 saturated carbocycles. The molecular weight excluding hydrogens is 281 g/mol. The van der Waals surface area contributed by atoms with Gasteiger partial charge in [0.05, 0.1) is 6.20 Å². The molecule has 5 nitrogen and oxygen atoms in total. The Labute approximate surface area is 127 Å². The topological polar surface area (TPSA) is 62.7 Å². The van der Waals surface area contributed by atoms with Crippen LogP contribution in [0.3, 0.4) is 0 Å². The van der Waals surface area contributed by atoms with Crippen LogP contribution in [0.15, 0.2) is 60.8 Å². The molecule has 3 rings (SSSR count). The molecular formula is C16H14FN5. The fourth-order valence-corrected chi connectivity index (χ4v) is 1.92. The van der Waals surface area contributed by atoms with Crippen molar-refractivity contribution in [2.45, 2.75) is 6.54 Å². The number of nitrogens with zero attached hydrogens (tertiary/aromatic N) is 3. The highest BCUT2D eigenvalue weighted by molar-refractivity contribution is 5.55. The van der Waals surface area contributed by atoms with Crippen LogP contribution in [-0.4, -0.2) is 15.2 Å². The van der Waals surface area contributed by atoms with Crippen molar-refractivity contribution >= 4 is 17.5 Å². The molecule has 0 saturated heterocycles. The van der Waals surface area contributed by atoms with Gasteiger partial charge in [0.15, 0.2) is 5.82 Å². The molecule has 0 amide bonds. The summed E-state index contributed by atoms with van der Waals surface area (Å²) in [5, 5.41) is 13.9. The summed E-state index contributed by atoms with van der Waals surface area (Å²) in [7, 11) is 0. The summed E-state index contributed by atoms with van der Waals surface area (Å²) < 4.78 is 13.6. The number of hydrogen-bond acceptors (Lipinski definition) is 5. The van der Waals surface area contributed by atoms with E-state index in [-0.39, 0.29) is 5.82 Å². The molecule has 0 fully saturated rings. The average Bonchev–Trinajstić information content (AvgIpc) is 2.55. The first-order valence-electron chi connectivity index (χ1n) is 6.80. The second-order valence-corrected chi connectivity index (χ2v) is 4.60. The molecule has 0 aliphatic carbocycles. The van der Waals surface area contributed by atoms with E-state index in [9.17, 15) is 4.39 Å². The maximum Gasteiger partial charge on any atom is 0.244 e. The van der Waals surface area contributed by atoms with Gasteiger partial charge in [0.1, 0.15) is 5.82 Å². The first-order valence-corrected chi connectivity index (χ1v) is 6.80. The Bertz CT molecular complexity index is 748. The Hall–Kier alpha value is -3.02. The van der Waals surface area contributed by atoms with E-state index in [0.717, 1.165) is 5.69 Å². The van der Waals surface area contributed by atoms with Crippen molar-refractivity contribution in [1.29, 1.82) is 0 Å². The number of para-hydroxylation sites is 1. The summed E-state index contributed by atoms with van der Waals surface area (Å²) in [5.74, 6) is 0.642. The molecule has 0 bridgehead atoms. The molecule has 1 aromatic heterocycles. The van der Waals surface area contributed by atoms with Crippen molar-refractivity contribution in [2.75, 3.05) is 10.6 Å². The van der Waals surface area contributed by atoms with E-state index >= 15 is 0 Å². The van der Waals surface area contributed by atoms with Crippen LogP contribution in [0.25, 0.3) is 0 Å². The van der Waals surface area contributed by atoms with Gasteiger partial charge in [0.25, 0.3) is 0 Å². The number of rotatable bonds is 5. The van der Waals surface area contributed by atoms with Crippen LogP contribution in [0.2, 0.25) is 0 Å². The first kappa shape index (κ1) is 13.9. The van der Waals surface area contributed by atoms with Crippen LogP contribution >= 0.6 is 0 Å². The smallest absolute Gasteiger partial charge is 0.244 e. The van der Waals surface area contributed by atoms with Gasteiger partial charge >= 0.3 is 0 Å². The predicted molar refractivity (Wildman–Crippen MR) is 83.3 cm³/mol. The highest BCUT2D eigenvalue weighted by Gasteiger charge is 2.04. The average molecular weight is 295 g/mol. The van der Waals surface area contributed by atoms with E-state index in [2.05, 4.69) is 25.8 Å². The fourth-order valence-electron chi connectivity index (χ4n) is 1.92. The second-order valence-electron chi connectivity index (χ2n) is 4.60. The normalized spacial score (nSPS) is 10.2. The van der Waals surface area contributed by atoms with Crippen molar-refractivity contribution in [3.05, 3.63) is 72.2 Å². The van der Waals surface area contributed by atoms with Crippen molar-refractivity contribution in [2.24, 2.45) is 0 Å². The maximum atomic E-state index is 13.6. The zero-order chi connectivity index (χ0) is 15.2. The third kappa shape index (κ3) is 3.54. The minimum Gasteiger partial charge on any atom is -0.349 e. The zero-order valence-electron chi connectivity index (χ0n) is 11.7. The Morgan fingerprint density at radius 3 is 2.55 bits per heavy atom. The van der Waals surface area contributed by atoms with E-state index in [4.69, 9.17) is 0 Å². The summed E-state index contributed by atoms with van der Waals surface area (Å²) in [4.78, 5) is 4.29. The van der Waals surface area contributed by atoms with Gasteiger partial charge in [0.2, 0.25) is 5.95 Å². The van der Waals surface area contributed by atoms with Crippen LogP contribution in [0.5, 0.6) is 0 Å². The minimum absolute atomic E-state index is 0.262. The third-order valence-corrected chi connectivity index (χ3v) is 3.00. The van der Waals surface area contributed by atoms with Gasteiger partial charge in [-0.3, -0.25) is 0 Å². The summed E-state index contributed by atoms with van der Waals surface area (Å²) in [5.41, 5.74) is 1.45. The highest BCUT2D eigenvalue weighted by Crippen LogP contribution is 2.14. The molecule has 0 atom stereocenters. The van der Waals surface area contributed by atoms with E-state index in [1.165, 1.54) is 12.3 Å². The largest absolute Gasteiger partial charge is 0.349 e. The van der Waals surface area contributed by atoms with Gasteiger partial charge in [-0.2, -0.15) is 10.1 Å². The van der Waals surface area contributed by atoms with Crippen LogP contribution in [0, 0.1) is 5.82 Å². The molecule has 22 heavy (non-hydrogen) atoms.